The molecule has 2 aromatic rings. The third-order valence-electron chi connectivity index (χ3n) is 4.38. The highest BCUT2D eigenvalue weighted by atomic mass is 32.2. The lowest BCUT2D eigenvalue weighted by Gasteiger charge is -2.31. The molecule has 1 aromatic heterocycles. The predicted molar refractivity (Wildman–Crippen MR) is 95.2 cm³/mol. The fourth-order valence-electron chi connectivity index (χ4n) is 2.86. The number of methoxy groups -OCH3 is 1. The van der Waals surface area contributed by atoms with Crippen LogP contribution in [0.15, 0.2) is 47.6 Å². The molecule has 1 N–H and O–H groups in total. The first-order valence-corrected chi connectivity index (χ1v) is 9.72. The van der Waals surface area contributed by atoms with E-state index in [2.05, 4.69) is 19.6 Å². The van der Waals surface area contributed by atoms with Crippen molar-refractivity contribution in [1.82, 2.24) is 14.7 Å². The molecule has 0 radical (unpaired) electrons. The summed E-state index contributed by atoms with van der Waals surface area (Å²) in [5.41, 5.74) is 0. The zero-order chi connectivity index (χ0) is 17.7. The van der Waals surface area contributed by atoms with Crippen molar-refractivity contribution in [2.45, 2.75) is 17.7 Å². The molecule has 0 amide bonds. The standard InChI is InChI=1S/C17H22N4O3S/c1-24-15-3-5-16(6-4-15)25(22,23)20-13-14-7-11-21(12-8-14)17-18-9-2-10-19-17/h2-6,9-10,14,20H,7-8,11-13H2,1H3. The maximum Gasteiger partial charge on any atom is 0.240 e. The number of piperidine rings is 1. The number of aromatic nitrogens is 2. The van der Waals surface area contributed by atoms with E-state index in [9.17, 15) is 8.42 Å². The SMILES string of the molecule is COc1ccc(S(=O)(=O)NCC2CCN(c3ncccn3)CC2)cc1. The first-order valence-electron chi connectivity index (χ1n) is 8.24. The predicted octanol–water partition coefficient (Wildman–Crippen LogP) is 1.68. The van der Waals surface area contributed by atoms with Gasteiger partial charge in [0, 0.05) is 32.0 Å². The Morgan fingerprint density at radius 2 is 1.80 bits per heavy atom. The molecule has 1 aliphatic rings. The molecular formula is C17H22N4O3S. The second-order valence-corrected chi connectivity index (χ2v) is 7.77. The van der Waals surface area contributed by atoms with Gasteiger partial charge in [-0.15, -0.1) is 0 Å². The third kappa shape index (κ3) is 4.46. The summed E-state index contributed by atoms with van der Waals surface area (Å²) in [6.07, 6.45) is 5.28. The van der Waals surface area contributed by atoms with Crippen molar-refractivity contribution in [3.8, 4) is 5.75 Å². The average molecular weight is 362 g/mol. The normalized spacial score (nSPS) is 16.0. The second-order valence-electron chi connectivity index (χ2n) is 6.01. The second kappa shape index (κ2) is 7.79. The summed E-state index contributed by atoms with van der Waals surface area (Å²) in [6, 6.07) is 8.19. The van der Waals surface area contributed by atoms with Crippen molar-refractivity contribution in [3.05, 3.63) is 42.7 Å². The van der Waals surface area contributed by atoms with Gasteiger partial charge in [-0.05, 0) is 49.1 Å². The molecule has 0 atom stereocenters. The van der Waals surface area contributed by atoms with Crippen molar-refractivity contribution < 1.29 is 13.2 Å². The molecule has 7 nitrogen and oxygen atoms in total. The molecule has 0 saturated carbocycles. The van der Waals surface area contributed by atoms with Gasteiger partial charge in [-0.3, -0.25) is 0 Å². The van der Waals surface area contributed by atoms with Gasteiger partial charge in [-0.25, -0.2) is 23.1 Å². The molecule has 1 fully saturated rings. The van der Waals surface area contributed by atoms with Crippen molar-refractivity contribution in [1.29, 1.82) is 0 Å². The minimum Gasteiger partial charge on any atom is -0.497 e. The Kier molecular flexibility index (Phi) is 5.50. The van der Waals surface area contributed by atoms with E-state index in [4.69, 9.17) is 4.74 Å². The van der Waals surface area contributed by atoms with Gasteiger partial charge in [0.1, 0.15) is 5.75 Å². The molecule has 0 aliphatic carbocycles. The quantitative estimate of drug-likeness (QED) is 0.842. The van der Waals surface area contributed by atoms with E-state index < -0.39 is 10.0 Å². The van der Waals surface area contributed by atoms with E-state index >= 15 is 0 Å². The lowest BCUT2D eigenvalue weighted by molar-refractivity contribution is 0.399. The van der Waals surface area contributed by atoms with Gasteiger partial charge in [0.05, 0.1) is 12.0 Å². The van der Waals surface area contributed by atoms with E-state index in [0.717, 1.165) is 31.9 Å². The summed E-state index contributed by atoms with van der Waals surface area (Å²) in [5.74, 6) is 1.68. The Morgan fingerprint density at radius 3 is 2.40 bits per heavy atom. The van der Waals surface area contributed by atoms with Crippen LogP contribution in [-0.2, 0) is 10.0 Å². The zero-order valence-corrected chi connectivity index (χ0v) is 14.9. The van der Waals surface area contributed by atoms with Crippen LogP contribution in [0.25, 0.3) is 0 Å². The first kappa shape index (κ1) is 17.6. The molecule has 0 spiro atoms. The Morgan fingerprint density at radius 1 is 1.16 bits per heavy atom. The van der Waals surface area contributed by atoms with E-state index in [-0.39, 0.29) is 4.90 Å². The maximum absolute atomic E-state index is 12.4. The van der Waals surface area contributed by atoms with Crippen LogP contribution in [0.3, 0.4) is 0 Å². The lowest BCUT2D eigenvalue weighted by Crippen LogP contribution is -2.39. The van der Waals surface area contributed by atoms with E-state index in [1.165, 1.54) is 0 Å². The Labute approximate surface area is 148 Å². The average Bonchev–Trinajstić information content (AvgIpc) is 2.67. The van der Waals surface area contributed by atoms with Gasteiger partial charge in [0.15, 0.2) is 0 Å². The van der Waals surface area contributed by atoms with Gasteiger partial charge in [0.2, 0.25) is 16.0 Å². The summed E-state index contributed by atoms with van der Waals surface area (Å²) >= 11 is 0. The number of sulfonamides is 1. The molecule has 1 aromatic carbocycles. The summed E-state index contributed by atoms with van der Waals surface area (Å²) in [5, 5.41) is 0. The molecule has 25 heavy (non-hydrogen) atoms. The minimum absolute atomic E-state index is 0.253. The van der Waals surface area contributed by atoms with Crippen LogP contribution < -0.4 is 14.4 Å². The number of benzene rings is 1. The fraction of sp³-hybridized carbons (Fsp3) is 0.412. The number of nitrogens with one attached hydrogen (secondary N) is 1. The number of ether oxygens (including phenoxy) is 1. The van der Waals surface area contributed by atoms with Crippen LogP contribution in [0.4, 0.5) is 5.95 Å². The highest BCUT2D eigenvalue weighted by molar-refractivity contribution is 7.89. The molecule has 0 bridgehead atoms. The van der Waals surface area contributed by atoms with Crippen LogP contribution in [-0.4, -0.2) is 45.1 Å². The molecule has 3 rings (SSSR count). The molecule has 1 saturated heterocycles. The summed E-state index contributed by atoms with van der Waals surface area (Å²) in [6.45, 7) is 2.11. The Bertz CT molecular complexity index is 773. The highest BCUT2D eigenvalue weighted by Crippen LogP contribution is 2.21. The Balaban J connectivity index is 1.52. The van der Waals surface area contributed by atoms with Crippen molar-refractivity contribution in [2.24, 2.45) is 5.92 Å². The Hall–Kier alpha value is -2.19. The van der Waals surface area contributed by atoms with Crippen molar-refractivity contribution in [3.63, 3.8) is 0 Å². The summed E-state index contributed by atoms with van der Waals surface area (Å²) in [4.78, 5) is 10.9. The van der Waals surface area contributed by atoms with Crippen molar-refractivity contribution in [2.75, 3.05) is 31.6 Å². The van der Waals surface area contributed by atoms with Crippen LogP contribution in [0.2, 0.25) is 0 Å². The van der Waals surface area contributed by atoms with Crippen LogP contribution in [0.5, 0.6) is 5.75 Å². The number of anilines is 1. The molecule has 0 unspecified atom stereocenters. The van der Waals surface area contributed by atoms with Gasteiger partial charge in [0.25, 0.3) is 0 Å². The van der Waals surface area contributed by atoms with Crippen LogP contribution in [0.1, 0.15) is 12.8 Å². The minimum atomic E-state index is -3.49. The van der Waals surface area contributed by atoms with E-state index in [1.807, 2.05) is 0 Å². The van der Waals surface area contributed by atoms with Gasteiger partial charge in [-0.2, -0.15) is 0 Å². The molecule has 134 valence electrons. The van der Waals surface area contributed by atoms with Crippen LogP contribution in [0, 0.1) is 5.92 Å². The van der Waals surface area contributed by atoms with Gasteiger partial charge < -0.3 is 9.64 Å². The smallest absolute Gasteiger partial charge is 0.240 e. The summed E-state index contributed by atoms with van der Waals surface area (Å²) < 4.78 is 32.5. The van der Waals surface area contributed by atoms with Crippen LogP contribution >= 0.6 is 0 Å². The topological polar surface area (TPSA) is 84.4 Å². The monoisotopic (exact) mass is 362 g/mol. The fourth-order valence-corrected chi connectivity index (χ4v) is 3.97. The summed E-state index contributed by atoms with van der Waals surface area (Å²) in [7, 11) is -1.94. The number of nitrogens with zero attached hydrogens (tertiary/aromatic N) is 3. The first-order chi connectivity index (χ1) is 12.1. The molecule has 2 heterocycles. The molecular weight excluding hydrogens is 340 g/mol. The number of rotatable bonds is 6. The van der Waals surface area contributed by atoms with Gasteiger partial charge >= 0.3 is 0 Å². The zero-order valence-electron chi connectivity index (χ0n) is 14.1. The molecule has 8 heteroatoms. The lowest BCUT2D eigenvalue weighted by atomic mass is 9.97. The number of hydrogen-bond acceptors (Lipinski definition) is 6. The van der Waals surface area contributed by atoms with E-state index in [0.29, 0.717) is 18.2 Å². The number of hydrogen-bond donors (Lipinski definition) is 1. The maximum atomic E-state index is 12.4. The van der Waals surface area contributed by atoms with Gasteiger partial charge in [-0.1, -0.05) is 0 Å². The van der Waals surface area contributed by atoms with E-state index in [1.54, 1.807) is 49.8 Å². The highest BCUT2D eigenvalue weighted by Gasteiger charge is 2.23. The third-order valence-corrected chi connectivity index (χ3v) is 5.82. The van der Waals surface area contributed by atoms with Crippen molar-refractivity contribution >= 4 is 16.0 Å². The molecule has 1 aliphatic heterocycles. The largest absolute Gasteiger partial charge is 0.497 e.